The molecule has 1 N–H and O–H groups in total. The summed E-state index contributed by atoms with van der Waals surface area (Å²) in [5, 5.41) is 9.00. The highest BCUT2D eigenvalue weighted by Gasteiger charge is 2.25. The molecule has 4 nitrogen and oxygen atoms in total. The van der Waals surface area contributed by atoms with Crippen LogP contribution in [0, 0.1) is 11.8 Å². The summed E-state index contributed by atoms with van der Waals surface area (Å²) in [6.07, 6.45) is 0.395. The minimum atomic E-state index is -0.797. The zero-order valence-electron chi connectivity index (χ0n) is 8.32. The number of aliphatic carboxylic acids is 1. The first-order chi connectivity index (χ1) is 6.75. The van der Waals surface area contributed by atoms with Crippen LogP contribution in [0.15, 0.2) is 0 Å². The summed E-state index contributed by atoms with van der Waals surface area (Å²) >= 11 is 0. The summed E-state index contributed by atoms with van der Waals surface area (Å²) in [6, 6.07) is -0.480. The van der Waals surface area contributed by atoms with Crippen LogP contribution in [0.2, 0.25) is 0 Å². The summed E-state index contributed by atoms with van der Waals surface area (Å²) in [6.45, 7) is 4.32. The second-order valence-electron chi connectivity index (χ2n) is 3.13. The molecule has 78 valence electrons. The van der Waals surface area contributed by atoms with E-state index in [1.54, 1.807) is 6.92 Å². The van der Waals surface area contributed by atoms with Crippen molar-refractivity contribution in [2.75, 3.05) is 26.3 Å². The van der Waals surface area contributed by atoms with Crippen molar-refractivity contribution in [3.05, 3.63) is 0 Å². The fraction of sp³-hybridized carbons (Fsp3) is 0.700. The van der Waals surface area contributed by atoms with E-state index < -0.39 is 12.0 Å². The lowest BCUT2D eigenvalue weighted by Crippen LogP contribution is -2.47. The predicted molar refractivity (Wildman–Crippen MR) is 51.9 cm³/mol. The van der Waals surface area contributed by atoms with Gasteiger partial charge in [-0.15, -0.1) is 11.8 Å². The average molecular weight is 197 g/mol. The van der Waals surface area contributed by atoms with Crippen LogP contribution in [0.5, 0.6) is 0 Å². The molecule has 1 atom stereocenters. The van der Waals surface area contributed by atoms with Crippen molar-refractivity contribution in [2.45, 2.75) is 19.4 Å². The van der Waals surface area contributed by atoms with Crippen molar-refractivity contribution in [1.82, 2.24) is 4.90 Å². The Labute approximate surface area is 83.8 Å². The second kappa shape index (κ2) is 5.63. The van der Waals surface area contributed by atoms with E-state index in [4.69, 9.17) is 9.84 Å². The van der Waals surface area contributed by atoms with E-state index in [1.807, 2.05) is 4.90 Å². The molecule has 0 aromatic rings. The summed E-state index contributed by atoms with van der Waals surface area (Å²) in [4.78, 5) is 12.9. The van der Waals surface area contributed by atoms with E-state index in [2.05, 4.69) is 11.8 Å². The van der Waals surface area contributed by atoms with Gasteiger partial charge in [0.05, 0.1) is 13.2 Å². The van der Waals surface area contributed by atoms with E-state index in [9.17, 15) is 4.79 Å². The molecule has 0 aliphatic carbocycles. The molecule has 1 rings (SSSR count). The minimum absolute atomic E-state index is 0.395. The lowest BCUT2D eigenvalue weighted by atomic mass is 10.1. The molecule has 1 unspecified atom stereocenters. The van der Waals surface area contributed by atoms with Gasteiger partial charge in [0.15, 0.2) is 0 Å². The third-order valence-corrected chi connectivity index (χ3v) is 2.24. The number of nitrogens with zero attached hydrogens (tertiary/aromatic N) is 1. The van der Waals surface area contributed by atoms with Crippen LogP contribution in [0.3, 0.4) is 0 Å². The molecule has 0 amide bonds. The number of carboxylic acids is 1. The Morgan fingerprint density at radius 3 is 2.71 bits per heavy atom. The summed E-state index contributed by atoms with van der Waals surface area (Å²) in [5.74, 6) is 4.74. The van der Waals surface area contributed by atoms with Gasteiger partial charge in [-0.3, -0.25) is 9.69 Å². The smallest absolute Gasteiger partial charge is 0.321 e. The SMILES string of the molecule is CC#CCC(C(=O)O)N1CCOCC1. The van der Waals surface area contributed by atoms with Crippen molar-refractivity contribution < 1.29 is 14.6 Å². The van der Waals surface area contributed by atoms with Crippen LogP contribution in [0.25, 0.3) is 0 Å². The third kappa shape index (κ3) is 3.02. The molecule has 1 aliphatic heterocycles. The van der Waals surface area contributed by atoms with E-state index in [-0.39, 0.29) is 0 Å². The van der Waals surface area contributed by atoms with Gasteiger partial charge in [-0.05, 0) is 6.92 Å². The quantitative estimate of drug-likeness (QED) is 0.656. The van der Waals surface area contributed by atoms with Gasteiger partial charge in [0.1, 0.15) is 6.04 Å². The van der Waals surface area contributed by atoms with Crippen LogP contribution in [-0.2, 0) is 9.53 Å². The van der Waals surface area contributed by atoms with Gasteiger partial charge >= 0.3 is 5.97 Å². The van der Waals surface area contributed by atoms with Crippen LogP contribution >= 0.6 is 0 Å². The molecule has 1 aliphatic rings. The van der Waals surface area contributed by atoms with Crippen molar-refractivity contribution in [1.29, 1.82) is 0 Å². The Morgan fingerprint density at radius 1 is 1.57 bits per heavy atom. The number of carboxylic acid groups (broad SMARTS) is 1. The number of morpholine rings is 1. The number of carbonyl (C=O) groups is 1. The zero-order valence-corrected chi connectivity index (χ0v) is 8.32. The second-order valence-corrected chi connectivity index (χ2v) is 3.13. The van der Waals surface area contributed by atoms with Crippen LogP contribution in [-0.4, -0.2) is 48.3 Å². The molecule has 1 fully saturated rings. The Hall–Kier alpha value is -1.05. The number of hydrogen-bond donors (Lipinski definition) is 1. The van der Waals surface area contributed by atoms with Crippen LogP contribution in [0.1, 0.15) is 13.3 Å². The fourth-order valence-electron chi connectivity index (χ4n) is 1.46. The van der Waals surface area contributed by atoms with E-state index in [0.717, 1.165) is 0 Å². The van der Waals surface area contributed by atoms with Gasteiger partial charge in [-0.2, -0.15) is 0 Å². The molecular weight excluding hydrogens is 182 g/mol. The maximum Gasteiger partial charge on any atom is 0.321 e. The van der Waals surface area contributed by atoms with Crippen molar-refractivity contribution >= 4 is 5.97 Å². The number of hydrogen-bond acceptors (Lipinski definition) is 3. The molecule has 0 spiro atoms. The normalized spacial score (nSPS) is 19.5. The van der Waals surface area contributed by atoms with Gasteiger partial charge in [-0.25, -0.2) is 0 Å². The van der Waals surface area contributed by atoms with Crippen molar-refractivity contribution in [3.63, 3.8) is 0 Å². The first-order valence-electron chi connectivity index (χ1n) is 4.70. The third-order valence-electron chi connectivity index (χ3n) is 2.24. The van der Waals surface area contributed by atoms with E-state index >= 15 is 0 Å². The molecule has 0 aromatic heterocycles. The molecule has 0 saturated carbocycles. The molecule has 14 heavy (non-hydrogen) atoms. The number of ether oxygens (including phenoxy) is 1. The lowest BCUT2D eigenvalue weighted by molar-refractivity contribution is -0.144. The molecule has 4 heteroatoms. The lowest BCUT2D eigenvalue weighted by Gasteiger charge is -2.30. The maximum atomic E-state index is 11.0. The van der Waals surface area contributed by atoms with Gasteiger partial charge in [0.2, 0.25) is 0 Å². The Morgan fingerprint density at radius 2 is 2.21 bits per heavy atom. The number of rotatable bonds is 3. The standard InChI is InChI=1S/C10H15NO3/c1-2-3-4-9(10(12)13)11-5-7-14-8-6-11/h9H,4-8H2,1H3,(H,12,13). The molecular formula is C10H15NO3. The highest BCUT2D eigenvalue weighted by Crippen LogP contribution is 2.07. The molecule has 0 bridgehead atoms. The van der Waals surface area contributed by atoms with Gasteiger partial charge in [-0.1, -0.05) is 0 Å². The predicted octanol–water partition coefficient (Wildman–Crippen LogP) is 0.185. The van der Waals surface area contributed by atoms with Gasteiger partial charge in [0.25, 0.3) is 0 Å². The summed E-state index contributed by atoms with van der Waals surface area (Å²) < 4.78 is 5.16. The minimum Gasteiger partial charge on any atom is -0.480 e. The fourth-order valence-corrected chi connectivity index (χ4v) is 1.46. The van der Waals surface area contributed by atoms with Gasteiger partial charge < -0.3 is 9.84 Å². The highest BCUT2D eigenvalue weighted by atomic mass is 16.5. The molecule has 1 saturated heterocycles. The molecule has 0 radical (unpaired) electrons. The topological polar surface area (TPSA) is 49.8 Å². The molecule has 1 heterocycles. The largest absolute Gasteiger partial charge is 0.480 e. The van der Waals surface area contributed by atoms with Gasteiger partial charge in [0, 0.05) is 19.5 Å². The Kier molecular flexibility index (Phi) is 4.44. The Bertz CT molecular complexity index is 248. The van der Waals surface area contributed by atoms with E-state index in [0.29, 0.717) is 32.7 Å². The highest BCUT2D eigenvalue weighted by molar-refractivity contribution is 5.73. The van der Waals surface area contributed by atoms with E-state index in [1.165, 1.54) is 0 Å². The van der Waals surface area contributed by atoms with Crippen molar-refractivity contribution in [2.24, 2.45) is 0 Å². The monoisotopic (exact) mass is 197 g/mol. The van der Waals surface area contributed by atoms with Crippen LogP contribution in [0.4, 0.5) is 0 Å². The summed E-state index contributed by atoms with van der Waals surface area (Å²) in [5.41, 5.74) is 0. The average Bonchev–Trinajstić information content (AvgIpc) is 2.19. The van der Waals surface area contributed by atoms with Crippen molar-refractivity contribution in [3.8, 4) is 11.8 Å². The first-order valence-corrected chi connectivity index (χ1v) is 4.70. The van der Waals surface area contributed by atoms with Crippen LogP contribution < -0.4 is 0 Å². The zero-order chi connectivity index (χ0) is 10.4. The first kappa shape index (κ1) is 11.0. The molecule has 0 aromatic carbocycles. The Balaban J connectivity index is 2.54. The maximum absolute atomic E-state index is 11.0. The summed E-state index contributed by atoms with van der Waals surface area (Å²) in [7, 11) is 0.